The predicted molar refractivity (Wildman–Crippen MR) is 72.0 cm³/mol. The van der Waals surface area contributed by atoms with Crippen LogP contribution < -0.4 is 5.73 Å². The summed E-state index contributed by atoms with van der Waals surface area (Å²) in [6, 6.07) is 0. The van der Waals surface area contributed by atoms with E-state index in [0.29, 0.717) is 18.4 Å². The molecule has 0 amide bonds. The number of nitrogens with zero attached hydrogens (tertiary/aromatic N) is 3. The Morgan fingerprint density at radius 2 is 2.42 bits per heavy atom. The van der Waals surface area contributed by atoms with Crippen LogP contribution >= 0.6 is 0 Å². The number of methoxy groups -OCH3 is 1. The molecule has 19 heavy (non-hydrogen) atoms. The summed E-state index contributed by atoms with van der Waals surface area (Å²) in [6.07, 6.45) is 1.83. The molecule has 1 aliphatic rings. The quantitative estimate of drug-likeness (QED) is 0.782. The van der Waals surface area contributed by atoms with Gasteiger partial charge in [-0.1, -0.05) is 12.1 Å². The molecule has 2 rings (SSSR count). The zero-order chi connectivity index (χ0) is 13.7. The van der Waals surface area contributed by atoms with Gasteiger partial charge in [-0.2, -0.15) is 0 Å². The SMILES string of the molecule is COCC(C)Cn1nnc(CCN)c1C1CCOC1. The fourth-order valence-corrected chi connectivity index (χ4v) is 2.63. The van der Waals surface area contributed by atoms with Gasteiger partial charge in [0.1, 0.15) is 0 Å². The summed E-state index contributed by atoms with van der Waals surface area (Å²) in [5, 5.41) is 8.60. The van der Waals surface area contributed by atoms with E-state index in [-0.39, 0.29) is 0 Å². The Balaban J connectivity index is 2.16. The number of hydrogen-bond acceptors (Lipinski definition) is 5. The summed E-state index contributed by atoms with van der Waals surface area (Å²) in [6.45, 7) is 5.91. The second-order valence-electron chi connectivity index (χ2n) is 5.26. The van der Waals surface area contributed by atoms with Gasteiger partial charge in [-0.15, -0.1) is 5.10 Å². The first-order valence-corrected chi connectivity index (χ1v) is 6.95. The summed E-state index contributed by atoms with van der Waals surface area (Å²) >= 11 is 0. The molecule has 0 aliphatic carbocycles. The Bertz CT molecular complexity index is 388. The smallest absolute Gasteiger partial charge is 0.0875 e. The van der Waals surface area contributed by atoms with Crippen LogP contribution in [-0.4, -0.2) is 48.5 Å². The van der Waals surface area contributed by atoms with Gasteiger partial charge in [0.05, 0.1) is 24.6 Å². The third-order valence-corrected chi connectivity index (χ3v) is 3.48. The van der Waals surface area contributed by atoms with E-state index in [1.165, 1.54) is 5.69 Å². The molecule has 1 fully saturated rings. The number of ether oxygens (including phenoxy) is 2. The highest BCUT2D eigenvalue weighted by Crippen LogP contribution is 2.27. The summed E-state index contributed by atoms with van der Waals surface area (Å²) in [5.74, 6) is 0.824. The van der Waals surface area contributed by atoms with E-state index in [0.717, 1.165) is 44.9 Å². The van der Waals surface area contributed by atoms with Crippen molar-refractivity contribution in [2.24, 2.45) is 11.7 Å². The predicted octanol–water partition coefficient (Wildman–Crippen LogP) is 0.566. The van der Waals surface area contributed by atoms with E-state index in [4.69, 9.17) is 15.2 Å². The highest BCUT2D eigenvalue weighted by molar-refractivity contribution is 5.17. The van der Waals surface area contributed by atoms with Gasteiger partial charge >= 0.3 is 0 Å². The Morgan fingerprint density at radius 3 is 3.05 bits per heavy atom. The molecule has 2 N–H and O–H groups in total. The van der Waals surface area contributed by atoms with Crippen LogP contribution in [0.2, 0.25) is 0 Å². The number of rotatable bonds is 7. The molecule has 1 aromatic rings. The molecule has 1 aliphatic heterocycles. The van der Waals surface area contributed by atoms with Crippen molar-refractivity contribution in [2.45, 2.75) is 32.2 Å². The number of hydrogen-bond donors (Lipinski definition) is 1. The second kappa shape index (κ2) is 6.98. The van der Waals surface area contributed by atoms with E-state index < -0.39 is 0 Å². The van der Waals surface area contributed by atoms with Crippen molar-refractivity contribution < 1.29 is 9.47 Å². The minimum atomic E-state index is 0.409. The molecular weight excluding hydrogens is 244 g/mol. The van der Waals surface area contributed by atoms with Crippen LogP contribution in [0, 0.1) is 5.92 Å². The van der Waals surface area contributed by atoms with Crippen molar-refractivity contribution in [3.63, 3.8) is 0 Å². The summed E-state index contributed by atoms with van der Waals surface area (Å²) < 4.78 is 12.7. The second-order valence-corrected chi connectivity index (χ2v) is 5.26. The monoisotopic (exact) mass is 268 g/mol. The maximum absolute atomic E-state index is 5.66. The van der Waals surface area contributed by atoms with Gasteiger partial charge in [0, 0.05) is 32.6 Å². The van der Waals surface area contributed by atoms with Crippen molar-refractivity contribution in [3.8, 4) is 0 Å². The molecule has 1 aromatic heterocycles. The highest BCUT2D eigenvalue weighted by atomic mass is 16.5. The average molecular weight is 268 g/mol. The Hall–Kier alpha value is -0.980. The van der Waals surface area contributed by atoms with Gasteiger partial charge in [0.15, 0.2) is 0 Å². The minimum Gasteiger partial charge on any atom is -0.384 e. The van der Waals surface area contributed by atoms with E-state index in [1.54, 1.807) is 7.11 Å². The number of nitrogens with two attached hydrogens (primary N) is 1. The van der Waals surface area contributed by atoms with Crippen LogP contribution in [0.4, 0.5) is 0 Å². The summed E-state index contributed by atoms with van der Waals surface area (Å²) in [5.41, 5.74) is 7.90. The van der Waals surface area contributed by atoms with E-state index >= 15 is 0 Å². The zero-order valence-electron chi connectivity index (χ0n) is 11.8. The normalized spacial score (nSPS) is 20.9. The van der Waals surface area contributed by atoms with Crippen molar-refractivity contribution >= 4 is 0 Å². The molecule has 2 unspecified atom stereocenters. The minimum absolute atomic E-state index is 0.409. The molecule has 2 heterocycles. The Morgan fingerprint density at radius 1 is 1.58 bits per heavy atom. The van der Waals surface area contributed by atoms with Gasteiger partial charge in [-0.05, 0) is 18.9 Å². The maximum atomic E-state index is 5.66. The molecule has 0 aromatic carbocycles. The fraction of sp³-hybridized carbons (Fsp3) is 0.846. The first kappa shape index (κ1) is 14.4. The van der Waals surface area contributed by atoms with Crippen LogP contribution in [0.25, 0.3) is 0 Å². The van der Waals surface area contributed by atoms with Crippen LogP contribution in [0.3, 0.4) is 0 Å². The van der Waals surface area contributed by atoms with Gasteiger partial charge in [-0.25, -0.2) is 4.68 Å². The topological polar surface area (TPSA) is 75.2 Å². The van der Waals surface area contributed by atoms with Crippen LogP contribution in [0.15, 0.2) is 0 Å². The summed E-state index contributed by atoms with van der Waals surface area (Å²) in [7, 11) is 1.73. The van der Waals surface area contributed by atoms with E-state index in [2.05, 4.69) is 17.2 Å². The van der Waals surface area contributed by atoms with Crippen molar-refractivity contribution in [3.05, 3.63) is 11.4 Å². The Labute approximate surface area is 114 Å². The first-order valence-electron chi connectivity index (χ1n) is 6.95. The van der Waals surface area contributed by atoms with Crippen LogP contribution in [0.5, 0.6) is 0 Å². The van der Waals surface area contributed by atoms with Gasteiger partial charge in [0.25, 0.3) is 0 Å². The van der Waals surface area contributed by atoms with Crippen molar-refractivity contribution in [1.29, 1.82) is 0 Å². The van der Waals surface area contributed by atoms with Gasteiger partial charge in [-0.3, -0.25) is 0 Å². The molecule has 108 valence electrons. The standard InChI is InChI=1S/C13H24N4O2/c1-10(8-18-2)7-17-13(11-4-6-19-9-11)12(3-5-14)15-16-17/h10-11H,3-9,14H2,1-2H3. The molecule has 6 heteroatoms. The zero-order valence-corrected chi connectivity index (χ0v) is 11.8. The lowest BCUT2D eigenvalue weighted by molar-refractivity contribution is 0.148. The molecular formula is C13H24N4O2. The van der Waals surface area contributed by atoms with Gasteiger partial charge in [0.2, 0.25) is 0 Å². The molecule has 0 bridgehead atoms. The lowest BCUT2D eigenvalue weighted by Crippen LogP contribution is -2.18. The van der Waals surface area contributed by atoms with E-state index in [1.807, 2.05) is 4.68 Å². The summed E-state index contributed by atoms with van der Waals surface area (Å²) in [4.78, 5) is 0. The lowest BCUT2D eigenvalue weighted by Gasteiger charge is -2.16. The Kier molecular flexibility index (Phi) is 5.30. The largest absolute Gasteiger partial charge is 0.384 e. The van der Waals surface area contributed by atoms with Crippen LogP contribution in [-0.2, 0) is 22.4 Å². The molecule has 6 nitrogen and oxygen atoms in total. The third-order valence-electron chi connectivity index (χ3n) is 3.48. The molecule has 1 saturated heterocycles. The van der Waals surface area contributed by atoms with Gasteiger partial charge < -0.3 is 15.2 Å². The average Bonchev–Trinajstić information content (AvgIpc) is 2.99. The molecule has 0 spiro atoms. The van der Waals surface area contributed by atoms with Crippen molar-refractivity contribution in [1.82, 2.24) is 15.0 Å². The molecule has 0 saturated carbocycles. The van der Waals surface area contributed by atoms with E-state index in [9.17, 15) is 0 Å². The maximum Gasteiger partial charge on any atom is 0.0875 e. The first-order chi connectivity index (χ1) is 9.26. The number of aromatic nitrogens is 3. The molecule has 0 radical (unpaired) electrons. The fourth-order valence-electron chi connectivity index (χ4n) is 2.63. The third kappa shape index (κ3) is 3.52. The lowest BCUT2D eigenvalue weighted by atomic mass is 10.0. The molecule has 2 atom stereocenters. The van der Waals surface area contributed by atoms with Crippen LogP contribution in [0.1, 0.15) is 30.7 Å². The van der Waals surface area contributed by atoms with Crippen molar-refractivity contribution in [2.75, 3.05) is 33.5 Å². The highest BCUT2D eigenvalue weighted by Gasteiger charge is 2.26.